The minimum Gasteiger partial charge on any atom is -0.307 e. The largest absolute Gasteiger partial charge is 0.307 e. The molecule has 2 nitrogen and oxygen atoms in total. The molecule has 112 valence electrons. The lowest BCUT2D eigenvalue weighted by Gasteiger charge is -2.46. The molecule has 2 rings (SSSR count). The van der Waals surface area contributed by atoms with Crippen LogP contribution in [0, 0.1) is 5.41 Å². The van der Waals surface area contributed by atoms with Crippen molar-refractivity contribution in [3.63, 3.8) is 0 Å². The Labute approximate surface area is 120 Å². The average molecular weight is 282 g/mol. The Balaban J connectivity index is 2.13. The number of piperazine rings is 1. The molecule has 0 saturated carbocycles. The van der Waals surface area contributed by atoms with Crippen molar-refractivity contribution in [3.8, 4) is 0 Å². The zero-order valence-corrected chi connectivity index (χ0v) is 12.4. The van der Waals surface area contributed by atoms with E-state index >= 15 is 0 Å². The van der Waals surface area contributed by atoms with Crippen LogP contribution in [0.4, 0.5) is 8.78 Å². The van der Waals surface area contributed by atoms with Gasteiger partial charge in [0.05, 0.1) is 6.54 Å². The Kier molecular flexibility index (Phi) is 4.76. The van der Waals surface area contributed by atoms with Gasteiger partial charge in [0, 0.05) is 25.2 Å². The molecular formula is C16H24F2N2. The average Bonchev–Trinajstić information content (AvgIpc) is 2.37. The van der Waals surface area contributed by atoms with Crippen LogP contribution >= 0.6 is 0 Å². The lowest BCUT2D eigenvalue weighted by molar-refractivity contribution is 0.00519. The molecule has 1 heterocycles. The molecule has 2 atom stereocenters. The number of hydrogen-bond acceptors (Lipinski definition) is 2. The molecule has 1 fully saturated rings. The van der Waals surface area contributed by atoms with E-state index in [1.165, 1.54) is 5.56 Å². The third-order valence-corrected chi connectivity index (χ3v) is 3.99. The summed E-state index contributed by atoms with van der Waals surface area (Å²) in [4.78, 5) is 1.94. The highest BCUT2D eigenvalue weighted by Gasteiger charge is 2.36. The van der Waals surface area contributed by atoms with E-state index in [2.05, 4.69) is 38.2 Å². The number of benzene rings is 1. The number of halogens is 2. The van der Waals surface area contributed by atoms with Gasteiger partial charge in [-0.3, -0.25) is 4.90 Å². The molecule has 1 saturated heterocycles. The summed E-state index contributed by atoms with van der Waals surface area (Å²) in [5, 5.41) is 3.51. The molecule has 1 aliphatic rings. The van der Waals surface area contributed by atoms with Crippen LogP contribution < -0.4 is 5.32 Å². The van der Waals surface area contributed by atoms with Crippen LogP contribution in [0.25, 0.3) is 0 Å². The molecule has 0 amide bonds. The quantitative estimate of drug-likeness (QED) is 0.915. The number of alkyl halides is 2. The predicted molar refractivity (Wildman–Crippen MR) is 78.0 cm³/mol. The van der Waals surface area contributed by atoms with Crippen molar-refractivity contribution in [2.24, 2.45) is 5.41 Å². The minimum absolute atomic E-state index is 0.0104. The second kappa shape index (κ2) is 6.19. The van der Waals surface area contributed by atoms with E-state index < -0.39 is 6.43 Å². The monoisotopic (exact) mass is 282 g/mol. The molecule has 0 aliphatic carbocycles. The first-order valence-electron chi connectivity index (χ1n) is 7.18. The SMILES string of the molecule is CC(C)(C)C1CNC(c2ccccc2)CN1CC(F)F. The lowest BCUT2D eigenvalue weighted by atomic mass is 9.83. The van der Waals surface area contributed by atoms with Crippen molar-refractivity contribution < 1.29 is 8.78 Å². The molecule has 20 heavy (non-hydrogen) atoms. The summed E-state index contributed by atoms with van der Waals surface area (Å²) < 4.78 is 25.7. The van der Waals surface area contributed by atoms with Crippen molar-refractivity contribution >= 4 is 0 Å². The fourth-order valence-corrected chi connectivity index (χ4v) is 2.95. The van der Waals surface area contributed by atoms with E-state index in [1.807, 2.05) is 23.1 Å². The van der Waals surface area contributed by atoms with Crippen molar-refractivity contribution in [2.75, 3.05) is 19.6 Å². The molecule has 1 aromatic rings. The van der Waals surface area contributed by atoms with Gasteiger partial charge in [-0.25, -0.2) is 8.78 Å². The van der Waals surface area contributed by atoms with Gasteiger partial charge < -0.3 is 5.32 Å². The van der Waals surface area contributed by atoms with Gasteiger partial charge in [0.1, 0.15) is 0 Å². The first-order chi connectivity index (χ1) is 9.38. The summed E-state index contributed by atoms with van der Waals surface area (Å²) in [6, 6.07) is 10.3. The van der Waals surface area contributed by atoms with Gasteiger partial charge in [0.15, 0.2) is 0 Å². The molecule has 1 aromatic carbocycles. The van der Waals surface area contributed by atoms with Crippen LogP contribution in [0.1, 0.15) is 32.4 Å². The Morgan fingerprint density at radius 1 is 1.25 bits per heavy atom. The van der Waals surface area contributed by atoms with Crippen LogP contribution in [0.5, 0.6) is 0 Å². The van der Waals surface area contributed by atoms with E-state index in [0.717, 1.165) is 6.54 Å². The zero-order valence-electron chi connectivity index (χ0n) is 12.4. The third-order valence-electron chi connectivity index (χ3n) is 3.99. The Hall–Kier alpha value is -1.00. The Bertz CT molecular complexity index is 414. The summed E-state index contributed by atoms with van der Waals surface area (Å²) in [7, 11) is 0. The molecule has 4 heteroatoms. The Morgan fingerprint density at radius 3 is 2.45 bits per heavy atom. The van der Waals surface area contributed by atoms with Crippen LogP contribution in [0.2, 0.25) is 0 Å². The van der Waals surface area contributed by atoms with Gasteiger partial charge in [-0.15, -0.1) is 0 Å². The van der Waals surface area contributed by atoms with Crippen LogP contribution in [-0.4, -0.2) is 37.0 Å². The molecule has 1 N–H and O–H groups in total. The van der Waals surface area contributed by atoms with Crippen molar-refractivity contribution in [1.82, 2.24) is 10.2 Å². The van der Waals surface area contributed by atoms with Crippen LogP contribution in [-0.2, 0) is 0 Å². The second-order valence-electron chi connectivity index (χ2n) is 6.60. The maximum absolute atomic E-state index is 12.8. The van der Waals surface area contributed by atoms with E-state index in [9.17, 15) is 8.78 Å². The summed E-state index contributed by atoms with van der Waals surface area (Å²) in [6.07, 6.45) is -2.28. The highest BCUT2D eigenvalue weighted by molar-refractivity contribution is 5.20. The normalized spacial score (nSPS) is 25.1. The predicted octanol–water partition coefficient (Wildman–Crippen LogP) is 3.31. The maximum atomic E-state index is 12.8. The molecular weight excluding hydrogens is 258 g/mol. The minimum atomic E-state index is -2.28. The molecule has 2 unspecified atom stereocenters. The van der Waals surface area contributed by atoms with Crippen LogP contribution in [0.3, 0.4) is 0 Å². The molecule has 0 spiro atoms. The van der Waals surface area contributed by atoms with E-state index in [0.29, 0.717) is 6.54 Å². The van der Waals surface area contributed by atoms with Gasteiger partial charge in [0.2, 0.25) is 0 Å². The first-order valence-corrected chi connectivity index (χ1v) is 7.18. The fraction of sp³-hybridized carbons (Fsp3) is 0.625. The maximum Gasteiger partial charge on any atom is 0.251 e. The molecule has 0 radical (unpaired) electrons. The van der Waals surface area contributed by atoms with Crippen molar-refractivity contribution in [2.45, 2.75) is 39.3 Å². The van der Waals surface area contributed by atoms with Gasteiger partial charge in [-0.2, -0.15) is 0 Å². The fourth-order valence-electron chi connectivity index (χ4n) is 2.95. The molecule has 0 bridgehead atoms. The zero-order chi connectivity index (χ0) is 14.8. The number of hydrogen-bond donors (Lipinski definition) is 1. The second-order valence-corrected chi connectivity index (χ2v) is 6.60. The first kappa shape index (κ1) is 15.4. The summed E-state index contributed by atoms with van der Waals surface area (Å²) in [5.74, 6) is 0. The molecule has 1 aliphatic heterocycles. The summed E-state index contributed by atoms with van der Waals surface area (Å²) in [5.41, 5.74) is 1.16. The van der Waals surface area contributed by atoms with Gasteiger partial charge in [0.25, 0.3) is 6.43 Å². The highest BCUT2D eigenvalue weighted by Crippen LogP contribution is 2.30. The van der Waals surface area contributed by atoms with Crippen molar-refractivity contribution in [3.05, 3.63) is 35.9 Å². The van der Waals surface area contributed by atoms with Gasteiger partial charge in [-0.05, 0) is 11.0 Å². The van der Waals surface area contributed by atoms with E-state index in [1.54, 1.807) is 0 Å². The summed E-state index contributed by atoms with van der Waals surface area (Å²) >= 11 is 0. The molecule has 0 aromatic heterocycles. The lowest BCUT2D eigenvalue weighted by Crippen LogP contribution is -2.58. The summed E-state index contributed by atoms with van der Waals surface area (Å²) in [6.45, 7) is 7.57. The van der Waals surface area contributed by atoms with Crippen molar-refractivity contribution in [1.29, 1.82) is 0 Å². The Morgan fingerprint density at radius 2 is 1.90 bits per heavy atom. The van der Waals surface area contributed by atoms with Gasteiger partial charge in [-0.1, -0.05) is 51.1 Å². The number of nitrogens with zero attached hydrogens (tertiary/aromatic N) is 1. The van der Waals surface area contributed by atoms with Gasteiger partial charge >= 0.3 is 0 Å². The number of rotatable bonds is 3. The van der Waals surface area contributed by atoms with E-state index in [4.69, 9.17) is 0 Å². The van der Waals surface area contributed by atoms with Crippen LogP contribution in [0.15, 0.2) is 30.3 Å². The smallest absolute Gasteiger partial charge is 0.251 e. The highest BCUT2D eigenvalue weighted by atomic mass is 19.3. The van der Waals surface area contributed by atoms with E-state index in [-0.39, 0.29) is 24.0 Å². The standard InChI is InChI=1S/C16H24F2N2/c1-16(2,3)14-9-19-13(10-20(14)11-15(17)18)12-7-5-4-6-8-12/h4-8,13-15,19H,9-11H2,1-3H3. The number of nitrogens with one attached hydrogen (secondary N) is 1. The topological polar surface area (TPSA) is 15.3 Å². The third kappa shape index (κ3) is 3.76.